The van der Waals surface area contributed by atoms with Crippen LogP contribution in [0.3, 0.4) is 0 Å². The zero-order valence-corrected chi connectivity index (χ0v) is 9.94. The molecule has 0 radical (unpaired) electrons. The largest absolute Gasteiger partial charge is 0.306 e. The Morgan fingerprint density at radius 2 is 2.00 bits per heavy atom. The minimum Gasteiger partial charge on any atom is -0.258 e. The molecule has 0 aliphatic carbocycles. The Kier molecular flexibility index (Phi) is 3.31. The fraction of sp³-hybridized carbons (Fsp3) is 0. The van der Waals surface area contributed by atoms with Gasteiger partial charge in [-0.2, -0.15) is 0 Å². The zero-order chi connectivity index (χ0) is 11.8. The Balaban J connectivity index is 3.70. The molecule has 0 spiro atoms. The number of nitrogens with zero attached hydrogens (tertiary/aromatic N) is 1. The van der Waals surface area contributed by atoms with Crippen LogP contribution in [-0.2, 0) is 9.05 Å². The molecule has 0 aromatic heterocycles. The molecule has 15 heavy (non-hydrogen) atoms. The highest BCUT2D eigenvalue weighted by molar-refractivity contribution is 9.10. The first-order chi connectivity index (χ1) is 6.75. The second-order valence-corrected chi connectivity index (χ2v) is 5.73. The van der Waals surface area contributed by atoms with Crippen molar-refractivity contribution in [1.29, 1.82) is 0 Å². The second-order valence-electron chi connectivity index (χ2n) is 2.40. The van der Waals surface area contributed by atoms with Crippen molar-refractivity contribution < 1.29 is 17.7 Å². The summed E-state index contributed by atoms with van der Waals surface area (Å²) >= 11 is 2.58. The van der Waals surface area contributed by atoms with Crippen molar-refractivity contribution in [3.8, 4) is 0 Å². The average molecular weight is 319 g/mol. The lowest BCUT2D eigenvalue weighted by Gasteiger charge is -2.01. The van der Waals surface area contributed by atoms with E-state index in [9.17, 15) is 22.9 Å². The quantitative estimate of drug-likeness (QED) is 0.476. The van der Waals surface area contributed by atoms with Crippen molar-refractivity contribution in [1.82, 2.24) is 0 Å². The van der Waals surface area contributed by atoms with Gasteiger partial charge in [0.05, 0.1) is 4.92 Å². The van der Waals surface area contributed by atoms with Gasteiger partial charge in [0.1, 0.15) is 10.3 Å². The minimum absolute atomic E-state index is 0.547. The van der Waals surface area contributed by atoms with E-state index in [2.05, 4.69) is 15.9 Å². The van der Waals surface area contributed by atoms with Gasteiger partial charge in [0.2, 0.25) is 0 Å². The lowest BCUT2D eigenvalue weighted by molar-refractivity contribution is -0.388. The van der Waals surface area contributed by atoms with E-state index in [0.717, 1.165) is 12.1 Å². The Bertz CT molecular complexity index is 532. The summed E-state index contributed by atoms with van der Waals surface area (Å²) in [5, 5.41) is 10.5. The smallest absolute Gasteiger partial charge is 0.258 e. The Hall–Kier alpha value is -0.730. The number of hydrogen-bond donors (Lipinski definition) is 0. The number of halogens is 3. The molecule has 9 heteroatoms. The maximum absolute atomic E-state index is 12.9. The summed E-state index contributed by atoms with van der Waals surface area (Å²) < 4.78 is 34.3. The maximum atomic E-state index is 12.9. The van der Waals surface area contributed by atoms with E-state index >= 15 is 0 Å². The Morgan fingerprint density at radius 3 is 2.40 bits per heavy atom. The van der Waals surface area contributed by atoms with E-state index in [-0.39, 0.29) is 0 Å². The molecular weight excluding hydrogens is 316 g/mol. The lowest BCUT2D eigenvalue weighted by atomic mass is 10.3. The number of rotatable bonds is 2. The van der Waals surface area contributed by atoms with E-state index in [1.54, 1.807) is 0 Å². The lowest BCUT2D eigenvalue weighted by Crippen LogP contribution is -2.01. The molecule has 0 amide bonds. The van der Waals surface area contributed by atoms with E-state index in [1.165, 1.54) is 0 Å². The summed E-state index contributed by atoms with van der Waals surface area (Å²) in [6.45, 7) is 0. The highest BCUT2D eigenvalue weighted by Crippen LogP contribution is 2.35. The van der Waals surface area contributed by atoms with Crippen LogP contribution in [0, 0.1) is 15.9 Å². The number of nitro groups is 1. The van der Waals surface area contributed by atoms with Crippen LogP contribution in [0.2, 0.25) is 0 Å². The van der Waals surface area contributed by atoms with Gasteiger partial charge in [-0.25, -0.2) is 12.8 Å². The van der Waals surface area contributed by atoms with Crippen LogP contribution in [0.25, 0.3) is 0 Å². The molecule has 0 saturated carbocycles. The third-order valence-corrected chi connectivity index (χ3v) is 3.59. The van der Waals surface area contributed by atoms with Gasteiger partial charge in [0, 0.05) is 10.7 Å². The molecule has 0 N–H and O–H groups in total. The van der Waals surface area contributed by atoms with E-state index < -0.39 is 34.8 Å². The number of nitro benzene ring substituents is 1. The minimum atomic E-state index is -4.28. The molecule has 0 aliphatic rings. The van der Waals surface area contributed by atoms with Gasteiger partial charge in [-0.1, -0.05) is 0 Å². The summed E-state index contributed by atoms with van der Waals surface area (Å²) in [5.41, 5.74) is -0.912. The molecule has 0 atom stereocenters. The SMILES string of the molecule is O=[N+]([O-])c1c(S(=O)(=O)Cl)ccc(F)c1Br. The summed E-state index contributed by atoms with van der Waals surface area (Å²) in [7, 11) is 0.673. The first kappa shape index (κ1) is 12.3. The van der Waals surface area contributed by atoms with Crippen LogP contribution in [-0.4, -0.2) is 13.3 Å². The Labute approximate surface area is 96.5 Å². The molecule has 0 fully saturated rings. The van der Waals surface area contributed by atoms with Crippen LogP contribution in [0.4, 0.5) is 10.1 Å². The highest BCUT2D eigenvalue weighted by atomic mass is 79.9. The fourth-order valence-corrected chi connectivity index (χ4v) is 2.52. The first-order valence-corrected chi connectivity index (χ1v) is 6.42. The summed E-state index contributed by atoms with van der Waals surface area (Å²) in [6.07, 6.45) is 0. The molecule has 1 aromatic carbocycles. The monoisotopic (exact) mass is 317 g/mol. The van der Waals surface area contributed by atoms with Crippen LogP contribution >= 0.6 is 26.6 Å². The molecule has 0 saturated heterocycles. The van der Waals surface area contributed by atoms with Crippen LogP contribution in [0.5, 0.6) is 0 Å². The third-order valence-electron chi connectivity index (χ3n) is 1.48. The van der Waals surface area contributed by atoms with Gasteiger partial charge in [-0.3, -0.25) is 10.1 Å². The maximum Gasteiger partial charge on any atom is 0.306 e. The third kappa shape index (κ3) is 2.44. The second kappa shape index (κ2) is 4.03. The van der Waals surface area contributed by atoms with Gasteiger partial charge in [0.15, 0.2) is 4.90 Å². The molecule has 82 valence electrons. The molecule has 0 bridgehead atoms. The first-order valence-electron chi connectivity index (χ1n) is 3.32. The molecule has 0 heterocycles. The van der Waals surface area contributed by atoms with Crippen LogP contribution in [0.15, 0.2) is 21.5 Å². The topological polar surface area (TPSA) is 77.3 Å². The number of benzene rings is 1. The van der Waals surface area contributed by atoms with Crippen molar-refractivity contribution in [2.24, 2.45) is 0 Å². The van der Waals surface area contributed by atoms with E-state index in [4.69, 9.17) is 10.7 Å². The van der Waals surface area contributed by atoms with Crippen molar-refractivity contribution in [2.45, 2.75) is 4.90 Å². The zero-order valence-electron chi connectivity index (χ0n) is 6.78. The van der Waals surface area contributed by atoms with Crippen molar-refractivity contribution >= 4 is 41.4 Å². The van der Waals surface area contributed by atoms with E-state index in [1.807, 2.05) is 0 Å². The van der Waals surface area contributed by atoms with Gasteiger partial charge in [0.25, 0.3) is 9.05 Å². The van der Waals surface area contributed by atoms with Gasteiger partial charge in [-0.15, -0.1) is 0 Å². The van der Waals surface area contributed by atoms with Gasteiger partial charge >= 0.3 is 5.69 Å². The van der Waals surface area contributed by atoms with Crippen molar-refractivity contribution in [3.05, 3.63) is 32.5 Å². The predicted octanol–water partition coefficient (Wildman–Crippen LogP) is 2.42. The summed E-state index contributed by atoms with van der Waals surface area (Å²) in [4.78, 5) is 8.75. The van der Waals surface area contributed by atoms with Crippen LogP contribution in [0.1, 0.15) is 0 Å². The van der Waals surface area contributed by atoms with Crippen LogP contribution < -0.4 is 0 Å². The average Bonchev–Trinajstić information content (AvgIpc) is 2.06. The van der Waals surface area contributed by atoms with E-state index in [0.29, 0.717) is 0 Å². The molecular formula is C6H2BrClFNO4S. The summed E-state index contributed by atoms with van der Waals surface area (Å²) in [6, 6.07) is 1.51. The molecule has 0 aliphatic heterocycles. The Morgan fingerprint density at radius 1 is 1.47 bits per heavy atom. The highest BCUT2D eigenvalue weighted by Gasteiger charge is 2.28. The molecule has 1 rings (SSSR count). The fourth-order valence-electron chi connectivity index (χ4n) is 0.889. The summed E-state index contributed by atoms with van der Waals surface area (Å²) in [5.74, 6) is -0.939. The van der Waals surface area contributed by atoms with Gasteiger partial charge < -0.3 is 0 Å². The number of hydrogen-bond acceptors (Lipinski definition) is 4. The molecule has 1 aromatic rings. The molecule has 5 nitrogen and oxygen atoms in total. The predicted molar refractivity (Wildman–Crippen MR) is 53.8 cm³/mol. The van der Waals surface area contributed by atoms with Crippen molar-refractivity contribution in [3.63, 3.8) is 0 Å². The normalized spacial score (nSPS) is 11.4. The van der Waals surface area contributed by atoms with Gasteiger partial charge in [-0.05, 0) is 28.1 Å². The standard InChI is InChI=1S/C6H2BrClFNO4S/c7-5-3(9)1-2-4(15(8,13)14)6(5)10(11)12/h1-2H. The van der Waals surface area contributed by atoms with Crippen molar-refractivity contribution in [2.75, 3.05) is 0 Å². The molecule has 0 unspecified atom stereocenters.